The predicted octanol–water partition coefficient (Wildman–Crippen LogP) is 6.00. The SMILES string of the molecule is CC(C)c1cnn2c(N(C(=O)OC(C)(C)C)C3CC4CCC(C3)N4C(=O)OC3CN(C(=O)OC(C)(C)C)C3)cc(Cl)nc12. The van der Waals surface area contributed by atoms with Crippen molar-refractivity contribution in [3.05, 3.63) is 23.0 Å². The van der Waals surface area contributed by atoms with Gasteiger partial charge in [0.05, 0.1) is 19.3 Å². The van der Waals surface area contributed by atoms with Gasteiger partial charge in [-0.2, -0.15) is 9.61 Å². The van der Waals surface area contributed by atoms with E-state index in [0.717, 1.165) is 18.4 Å². The third-order valence-electron chi connectivity index (χ3n) is 7.96. The Labute approximate surface area is 257 Å². The Morgan fingerprint density at radius 3 is 2.14 bits per heavy atom. The molecule has 0 N–H and O–H groups in total. The lowest BCUT2D eigenvalue weighted by molar-refractivity contribution is -0.0488. The van der Waals surface area contributed by atoms with Gasteiger partial charge in [-0.3, -0.25) is 4.90 Å². The largest absolute Gasteiger partial charge is 0.444 e. The van der Waals surface area contributed by atoms with Gasteiger partial charge in [0, 0.05) is 29.8 Å². The summed E-state index contributed by atoms with van der Waals surface area (Å²) in [5.74, 6) is 0.636. The average Bonchev–Trinajstić information content (AvgIpc) is 3.37. The summed E-state index contributed by atoms with van der Waals surface area (Å²) < 4.78 is 18.7. The van der Waals surface area contributed by atoms with Gasteiger partial charge < -0.3 is 24.0 Å². The summed E-state index contributed by atoms with van der Waals surface area (Å²) in [4.78, 5) is 48.9. The molecule has 0 aromatic carbocycles. The molecule has 2 bridgehead atoms. The van der Waals surface area contributed by atoms with Crippen molar-refractivity contribution in [3.8, 4) is 0 Å². The van der Waals surface area contributed by atoms with Crippen molar-refractivity contribution in [1.29, 1.82) is 0 Å². The molecule has 0 spiro atoms. The molecule has 3 aliphatic rings. The Morgan fingerprint density at radius 1 is 0.977 bits per heavy atom. The summed E-state index contributed by atoms with van der Waals surface area (Å²) >= 11 is 6.51. The van der Waals surface area contributed by atoms with Crippen molar-refractivity contribution in [1.82, 2.24) is 24.4 Å². The topological polar surface area (TPSA) is 119 Å². The van der Waals surface area contributed by atoms with E-state index in [1.807, 2.05) is 46.4 Å². The Hall–Kier alpha value is -3.28. The number of aromatic nitrogens is 3. The molecule has 0 radical (unpaired) electrons. The molecule has 5 rings (SSSR count). The maximum absolute atomic E-state index is 13.8. The van der Waals surface area contributed by atoms with E-state index in [0.29, 0.717) is 37.4 Å². The maximum atomic E-state index is 13.8. The average molecular weight is 619 g/mol. The summed E-state index contributed by atoms with van der Waals surface area (Å²) in [6.07, 6.45) is 2.77. The molecule has 5 heterocycles. The smallest absolute Gasteiger partial charge is 0.416 e. The monoisotopic (exact) mass is 618 g/mol. The van der Waals surface area contributed by atoms with Crippen molar-refractivity contribution in [3.63, 3.8) is 0 Å². The Balaban J connectivity index is 1.34. The summed E-state index contributed by atoms with van der Waals surface area (Å²) in [7, 11) is 0. The molecule has 2 atom stereocenters. The highest BCUT2D eigenvalue weighted by atomic mass is 35.5. The van der Waals surface area contributed by atoms with Crippen LogP contribution in [0.25, 0.3) is 5.65 Å². The zero-order chi connectivity index (χ0) is 31.4. The van der Waals surface area contributed by atoms with Crippen LogP contribution in [-0.2, 0) is 14.2 Å². The van der Waals surface area contributed by atoms with Crippen LogP contribution in [0.5, 0.6) is 0 Å². The van der Waals surface area contributed by atoms with Gasteiger partial charge in [-0.05, 0) is 73.1 Å². The van der Waals surface area contributed by atoms with Crippen LogP contribution in [0.4, 0.5) is 20.2 Å². The second-order valence-electron chi connectivity index (χ2n) is 14.1. The summed E-state index contributed by atoms with van der Waals surface area (Å²) in [5.41, 5.74) is 0.206. The number of anilines is 1. The Kier molecular flexibility index (Phi) is 8.21. The van der Waals surface area contributed by atoms with Gasteiger partial charge in [-0.15, -0.1) is 0 Å². The standard InChI is InChI=1S/C30H43ClN6O6/c1-17(2)22-14-32-37-24(13-23(31)33-25(22)37)36(28(40)43-30(6,7)8)20-11-18-9-10-19(12-20)35(18)27(39)41-21-15-34(16-21)26(38)42-29(3,4)5/h13-14,17-21H,9-12,15-16H2,1-8H3. The maximum Gasteiger partial charge on any atom is 0.416 e. The number of hydrogen-bond acceptors (Lipinski definition) is 8. The number of nitrogens with zero attached hydrogens (tertiary/aromatic N) is 6. The molecular formula is C30H43ClN6O6. The van der Waals surface area contributed by atoms with Crippen LogP contribution < -0.4 is 4.90 Å². The number of ether oxygens (including phenoxy) is 3. The molecule has 2 aromatic heterocycles. The number of halogens is 1. The summed E-state index contributed by atoms with van der Waals surface area (Å²) in [5, 5.41) is 4.84. The van der Waals surface area contributed by atoms with E-state index in [1.54, 1.807) is 21.7 Å². The van der Waals surface area contributed by atoms with Gasteiger partial charge in [0.1, 0.15) is 28.3 Å². The minimum atomic E-state index is -0.724. The number of hydrogen-bond donors (Lipinski definition) is 0. The van der Waals surface area contributed by atoms with Gasteiger partial charge in [0.15, 0.2) is 5.65 Å². The number of piperidine rings is 1. The lowest BCUT2D eigenvalue weighted by Crippen LogP contribution is -2.59. The molecule has 236 valence electrons. The van der Waals surface area contributed by atoms with Gasteiger partial charge in [0.2, 0.25) is 0 Å². The fraction of sp³-hybridized carbons (Fsp3) is 0.700. The minimum Gasteiger partial charge on any atom is -0.444 e. The van der Waals surface area contributed by atoms with E-state index in [1.165, 1.54) is 4.90 Å². The number of fused-ring (bicyclic) bond motifs is 3. The first-order valence-electron chi connectivity index (χ1n) is 15.0. The van der Waals surface area contributed by atoms with Crippen molar-refractivity contribution in [2.45, 2.75) is 122 Å². The zero-order valence-corrected chi connectivity index (χ0v) is 27.1. The molecule has 12 nitrogen and oxygen atoms in total. The lowest BCUT2D eigenvalue weighted by atomic mass is 9.96. The second kappa shape index (κ2) is 11.3. The van der Waals surface area contributed by atoms with Crippen LogP contribution in [0, 0.1) is 0 Å². The number of rotatable bonds is 4. The highest BCUT2D eigenvalue weighted by molar-refractivity contribution is 6.29. The predicted molar refractivity (Wildman–Crippen MR) is 161 cm³/mol. The molecule has 0 saturated carbocycles. The van der Waals surface area contributed by atoms with Crippen LogP contribution in [0.2, 0.25) is 5.15 Å². The van der Waals surface area contributed by atoms with Gasteiger partial charge in [-0.1, -0.05) is 25.4 Å². The highest BCUT2D eigenvalue weighted by Gasteiger charge is 2.49. The first-order valence-corrected chi connectivity index (χ1v) is 15.4. The van der Waals surface area contributed by atoms with Crippen LogP contribution in [0.3, 0.4) is 0 Å². The van der Waals surface area contributed by atoms with Gasteiger partial charge in [0.25, 0.3) is 0 Å². The highest BCUT2D eigenvalue weighted by Crippen LogP contribution is 2.41. The number of amides is 3. The third kappa shape index (κ3) is 6.63. The number of likely N-dealkylation sites (tertiary alicyclic amines) is 1. The van der Waals surface area contributed by atoms with Crippen molar-refractivity contribution in [2.24, 2.45) is 0 Å². The first-order chi connectivity index (χ1) is 20.0. The van der Waals surface area contributed by atoms with E-state index in [9.17, 15) is 14.4 Å². The molecule has 13 heteroatoms. The van der Waals surface area contributed by atoms with E-state index in [2.05, 4.69) is 23.9 Å². The molecule has 2 unspecified atom stereocenters. The molecule has 3 amide bonds. The number of carbonyl (C=O) groups is 3. The third-order valence-corrected chi connectivity index (χ3v) is 8.15. The quantitative estimate of drug-likeness (QED) is 0.302. The van der Waals surface area contributed by atoms with Crippen molar-refractivity contribution >= 4 is 41.3 Å². The van der Waals surface area contributed by atoms with Crippen LogP contribution in [0.15, 0.2) is 12.3 Å². The van der Waals surface area contributed by atoms with Crippen molar-refractivity contribution in [2.75, 3.05) is 18.0 Å². The fourth-order valence-electron chi connectivity index (χ4n) is 6.10. The van der Waals surface area contributed by atoms with E-state index < -0.39 is 23.4 Å². The molecule has 3 fully saturated rings. The Bertz CT molecular complexity index is 1380. The molecule has 3 aliphatic heterocycles. The fourth-order valence-corrected chi connectivity index (χ4v) is 6.28. The number of carbonyl (C=O) groups excluding carboxylic acids is 3. The van der Waals surface area contributed by atoms with E-state index in [-0.39, 0.29) is 41.4 Å². The van der Waals surface area contributed by atoms with Crippen LogP contribution >= 0.6 is 11.6 Å². The van der Waals surface area contributed by atoms with Crippen molar-refractivity contribution < 1.29 is 28.6 Å². The molecule has 0 aliphatic carbocycles. The van der Waals surface area contributed by atoms with Crippen LogP contribution in [-0.4, -0.2) is 91.2 Å². The van der Waals surface area contributed by atoms with Crippen LogP contribution in [0.1, 0.15) is 92.6 Å². The van der Waals surface area contributed by atoms with E-state index in [4.69, 9.17) is 25.8 Å². The van der Waals surface area contributed by atoms with Gasteiger partial charge >= 0.3 is 18.3 Å². The molecule has 2 aromatic rings. The molecule has 43 heavy (non-hydrogen) atoms. The Morgan fingerprint density at radius 2 is 1.58 bits per heavy atom. The molecular weight excluding hydrogens is 576 g/mol. The first kappa shape index (κ1) is 31.2. The normalized spacial score (nSPS) is 22.5. The zero-order valence-electron chi connectivity index (χ0n) is 26.3. The lowest BCUT2D eigenvalue weighted by Gasteiger charge is -2.44. The summed E-state index contributed by atoms with van der Waals surface area (Å²) in [6.45, 7) is 15.6. The second-order valence-corrected chi connectivity index (χ2v) is 14.5. The summed E-state index contributed by atoms with van der Waals surface area (Å²) in [6, 6.07) is 1.15. The van der Waals surface area contributed by atoms with E-state index >= 15 is 0 Å². The van der Waals surface area contributed by atoms with Gasteiger partial charge in [-0.25, -0.2) is 19.4 Å². The minimum absolute atomic E-state index is 0.111. The molecule has 3 saturated heterocycles.